The molecule has 3 heteroatoms. The fourth-order valence-corrected chi connectivity index (χ4v) is 1.90. The van der Waals surface area contributed by atoms with Gasteiger partial charge in [-0.15, -0.1) is 0 Å². The number of imidazole rings is 1. The fourth-order valence-electron chi connectivity index (χ4n) is 1.90. The summed E-state index contributed by atoms with van der Waals surface area (Å²) in [6.07, 6.45) is 7.60. The van der Waals surface area contributed by atoms with Crippen LogP contribution in [0.15, 0.2) is 49.1 Å². The van der Waals surface area contributed by atoms with E-state index >= 15 is 0 Å². The normalized spacial score (nSPS) is 10.6. The second-order valence-corrected chi connectivity index (χ2v) is 4.27. The van der Waals surface area contributed by atoms with Crippen molar-refractivity contribution in [3.8, 4) is 0 Å². The third-order valence-corrected chi connectivity index (χ3v) is 2.80. The van der Waals surface area contributed by atoms with Crippen molar-refractivity contribution in [2.24, 2.45) is 0 Å². The van der Waals surface area contributed by atoms with Gasteiger partial charge in [-0.1, -0.05) is 30.3 Å². The van der Waals surface area contributed by atoms with E-state index in [-0.39, 0.29) is 0 Å². The topological polar surface area (TPSA) is 20.8 Å². The van der Waals surface area contributed by atoms with Crippen molar-refractivity contribution in [2.45, 2.75) is 19.5 Å². The molecule has 0 saturated heterocycles. The Labute approximate surface area is 103 Å². The molecule has 1 aromatic heterocycles. The van der Waals surface area contributed by atoms with Gasteiger partial charge >= 0.3 is 0 Å². The highest BCUT2D eigenvalue weighted by atomic mass is 15.1. The van der Waals surface area contributed by atoms with Crippen LogP contribution in [0.3, 0.4) is 0 Å². The first kappa shape index (κ1) is 11.9. The van der Waals surface area contributed by atoms with Crippen LogP contribution in [0.2, 0.25) is 0 Å². The van der Waals surface area contributed by atoms with E-state index in [2.05, 4.69) is 63.5 Å². The molecule has 2 aromatic rings. The molecule has 0 unspecified atom stereocenters. The summed E-state index contributed by atoms with van der Waals surface area (Å²) in [6.45, 7) is 3.08. The quantitative estimate of drug-likeness (QED) is 0.588. The second kappa shape index (κ2) is 6.21. The maximum Gasteiger partial charge on any atom is 0.244 e. The Hall–Kier alpha value is -1.61. The Morgan fingerprint density at radius 2 is 2.06 bits per heavy atom. The van der Waals surface area contributed by atoms with Gasteiger partial charge in [-0.05, 0) is 25.6 Å². The molecule has 0 amide bonds. The molecule has 3 nitrogen and oxygen atoms in total. The zero-order valence-electron chi connectivity index (χ0n) is 10.3. The van der Waals surface area contributed by atoms with Crippen molar-refractivity contribution in [3.63, 3.8) is 0 Å². The minimum absolute atomic E-state index is 0.944. The molecule has 1 heterocycles. The molecule has 0 radical (unpaired) electrons. The fraction of sp³-hybridized carbons (Fsp3) is 0.357. The number of aryl methyl sites for hydroxylation is 1. The maximum absolute atomic E-state index is 3.16. The van der Waals surface area contributed by atoms with E-state index in [0.29, 0.717) is 0 Å². The van der Waals surface area contributed by atoms with Crippen LogP contribution in [0.4, 0.5) is 0 Å². The number of nitrogens with one attached hydrogen (secondary N) is 1. The first-order chi connectivity index (χ1) is 8.38. The largest absolute Gasteiger partial charge is 0.320 e. The lowest BCUT2D eigenvalue weighted by atomic mass is 10.2. The number of hydrogen-bond donors (Lipinski definition) is 1. The van der Waals surface area contributed by atoms with E-state index < -0.39 is 0 Å². The molecule has 1 N–H and O–H groups in total. The van der Waals surface area contributed by atoms with E-state index in [4.69, 9.17) is 0 Å². The van der Waals surface area contributed by atoms with Gasteiger partial charge in [0.25, 0.3) is 0 Å². The van der Waals surface area contributed by atoms with E-state index in [0.717, 1.165) is 26.1 Å². The third-order valence-electron chi connectivity index (χ3n) is 2.80. The van der Waals surface area contributed by atoms with Crippen molar-refractivity contribution in [1.82, 2.24) is 9.88 Å². The van der Waals surface area contributed by atoms with Gasteiger partial charge in [-0.25, -0.2) is 9.13 Å². The van der Waals surface area contributed by atoms with Gasteiger partial charge in [0.05, 0.1) is 6.54 Å². The van der Waals surface area contributed by atoms with Crippen molar-refractivity contribution in [1.29, 1.82) is 0 Å². The van der Waals surface area contributed by atoms with Gasteiger partial charge in [0.1, 0.15) is 18.9 Å². The minimum Gasteiger partial charge on any atom is -0.320 e. The van der Waals surface area contributed by atoms with Crippen LogP contribution in [-0.4, -0.2) is 18.2 Å². The SMILES string of the molecule is CNCCCn1cc[n+](Cc2ccccc2)c1. The summed E-state index contributed by atoms with van der Waals surface area (Å²) in [6, 6.07) is 10.5. The van der Waals surface area contributed by atoms with E-state index in [1.54, 1.807) is 0 Å². The Morgan fingerprint density at radius 3 is 2.82 bits per heavy atom. The van der Waals surface area contributed by atoms with Gasteiger partial charge in [0.2, 0.25) is 6.33 Å². The number of aromatic nitrogens is 2. The summed E-state index contributed by atoms with van der Waals surface area (Å²) in [5, 5.41) is 3.16. The molecule has 17 heavy (non-hydrogen) atoms. The molecule has 0 atom stereocenters. The highest BCUT2D eigenvalue weighted by molar-refractivity contribution is 5.13. The first-order valence-electron chi connectivity index (χ1n) is 6.12. The molecule has 0 saturated carbocycles. The van der Waals surface area contributed by atoms with Gasteiger partial charge < -0.3 is 5.32 Å². The van der Waals surface area contributed by atoms with E-state index in [1.807, 2.05) is 7.05 Å². The van der Waals surface area contributed by atoms with Crippen molar-refractivity contribution in [3.05, 3.63) is 54.6 Å². The average molecular weight is 230 g/mol. The van der Waals surface area contributed by atoms with Crippen molar-refractivity contribution in [2.75, 3.05) is 13.6 Å². The van der Waals surface area contributed by atoms with Crippen LogP contribution in [0, 0.1) is 0 Å². The zero-order chi connectivity index (χ0) is 11.9. The molecule has 0 aliphatic rings. The maximum atomic E-state index is 3.16. The van der Waals surface area contributed by atoms with Gasteiger partial charge in [0.15, 0.2) is 0 Å². The standard InChI is InChI=1S/C14H20N3/c1-15-8-5-9-16-10-11-17(13-16)12-14-6-3-2-4-7-14/h2-4,6-7,10-11,13,15H,5,8-9,12H2,1H3/q+1. The molecule has 2 rings (SSSR count). The Bertz CT molecular complexity index is 434. The molecular weight excluding hydrogens is 210 g/mol. The van der Waals surface area contributed by atoms with Crippen LogP contribution in [0.5, 0.6) is 0 Å². The zero-order valence-corrected chi connectivity index (χ0v) is 10.3. The summed E-state index contributed by atoms with van der Waals surface area (Å²) in [5.41, 5.74) is 1.34. The summed E-state index contributed by atoms with van der Waals surface area (Å²) in [4.78, 5) is 0. The third kappa shape index (κ3) is 3.71. The van der Waals surface area contributed by atoms with Gasteiger partial charge in [0, 0.05) is 0 Å². The summed E-state index contributed by atoms with van der Waals surface area (Å²) >= 11 is 0. The Morgan fingerprint density at radius 1 is 1.24 bits per heavy atom. The lowest BCUT2D eigenvalue weighted by Gasteiger charge is -1.97. The highest BCUT2D eigenvalue weighted by Gasteiger charge is 2.03. The lowest BCUT2D eigenvalue weighted by molar-refractivity contribution is -0.687. The highest BCUT2D eigenvalue weighted by Crippen LogP contribution is 1.97. The molecule has 0 spiro atoms. The van der Waals surface area contributed by atoms with Crippen LogP contribution >= 0.6 is 0 Å². The van der Waals surface area contributed by atoms with Crippen LogP contribution in [0.1, 0.15) is 12.0 Å². The van der Waals surface area contributed by atoms with Crippen molar-refractivity contribution < 1.29 is 4.57 Å². The predicted molar refractivity (Wildman–Crippen MR) is 68.7 cm³/mol. The molecule has 1 aromatic carbocycles. The number of benzene rings is 1. The molecule has 0 bridgehead atoms. The molecular formula is C14H20N3+. The van der Waals surface area contributed by atoms with Crippen LogP contribution in [-0.2, 0) is 13.1 Å². The van der Waals surface area contributed by atoms with Gasteiger partial charge in [-0.3, -0.25) is 0 Å². The molecule has 0 aliphatic carbocycles. The Kier molecular flexibility index (Phi) is 4.33. The van der Waals surface area contributed by atoms with E-state index in [9.17, 15) is 0 Å². The van der Waals surface area contributed by atoms with Crippen LogP contribution < -0.4 is 9.88 Å². The van der Waals surface area contributed by atoms with Crippen molar-refractivity contribution >= 4 is 0 Å². The number of hydrogen-bond acceptors (Lipinski definition) is 1. The first-order valence-corrected chi connectivity index (χ1v) is 6.12. The van der Waals surface area contributed by atoms with Gasteiger partial charge in [-0.2, -0.15) is 0 Å². The minimum atomic E-state index is 0.944. The second-order valence-electron chi connectivity index (χ2n) is 4.27. The van der Waals surface area contributed by atoms with E-state index in [1.165, 1.54) is 5.56 Å². The van der Waals surface area contributed by atoms with Crippen LogP contribution in [0.25, 0.3) is 0 Å². The molecule has 0 fully saturated rings. The summed E-state index contributed by atoms with van der Waals surface area (Å²) < 4.78 is 4.45. The summed E-state index contributed by atoms with van der Waals surface area (Å²) in [7, 11) is 1.99. The molecule has 0 aliphatic heterocycles. The molecule has 90 valence electrons. The lowest BCUT2D eigenvalue weighted by Crippen LogP contribution is -2.31. The number of nitrogens with zero attached hydrogens (tertiary/aromatic N) is 2. The number of rotatable bonds is 6. The predicted octanol–water partition coefficient (Wildman–Crippen LogP) is 1.43. The summed E-state index contributed by atoms with van der Waals surface area (Å²) in [5.74, 6) is 0. The Balaban J connectivity index is 1.90. The smallest absolute Gasteiger partial charge is 0.244 e. The monoisotopic (exact) mass is 230 g/mol. The average Bonchev–Trinajstić information content (AvgIpc) is 2.79.